The van der Waals surface area contributed by atoms with Crippen LogP contribution >= 0.6 is 0 Å². The first-order valence-corrected chi connectivity index (χ1v) is 4.14. The molecule has 0 aromatic rings. The fraction of sp³-hybridized carbons (Fsp3) is 0.750. The first-order valence-electron chi connectivity index (χ1n) is 4.14. The Morgan fingerprint density at radius 3 is 2.67 bits per heavy atom. The minimum Gasteiger partial charge on any atom is -0.324 e. The number of urea groups is 1. The number of carbonyl (C=O) groups excluding carboxylic acids is 2. The smallest absolute Gasteiger partial charge is 0.324 e. The lowest BCUT2D eigenvalue weighted by atomic mass is 10.3. The molecule has 1 aliphatic carbocycles. The second kappa shape index (κ2) is 2.21. The molecule has 0 N–H and O–H groups in total. The Morgan fingerprint density at radius 2 is 2.00 bits per heavy atom. The first-order chi connectivity index (χ1) is 5.61. The van der Waals surface area contributed by atoms with Crippen molar-refractivity contribution in [2.24, 2.45) is 5.92 Å². The van der Waals surface area contributed by atoms with Crippen LogP contribution in [0, 0.1) is 5.92 Å². The van der Waals surface area contributed by atoms with E-state index in [-0.39, 0.29) is 11.9 Å². The molecule has 0 radical (unpaired) electrons. The highest BCUT2D eigenvalue weighted by molar-refractivity contribution is 5.95. The molecule has 0 aromatic heterocycles. The SMILES string of the molecule is CN1C(=O)CC2CC2N(C)C1=O. The van der Waals surface area contributed by atoms with Gasteiger partial charge in [-0.05, 0) is 12.3 Å². The Balaban J connectivity index is 2.23. The molecule has 1 heterocycles. The summed E-state index contributed by atoms with van der Waals surface area (Å²) in [6, 6.07) is 0.163. The van der Waals surface area contributed by atoms with Crippen molar-refractivity contribution in [2.75, 3.05) is 14.1 Å². The standard InChI is InChI=1S/C8H12N2O2/c1-9-6-3-5(6)4-7(11)10(2)8(9)12/h5-6H,3-4H2,1-2H3. The lowest BCUT2D eigenvalue weighted by Gasteiger charge is -2.20. The van der Waals surface area contributed by atoms with Gasteiger partial charge in [-0.2, -0.15) is 0 Å². The zero-order valence-electron chi connectivity index (χ0n) is 7.28. The van der Waals surface area contributed by atoms with Gasteiger partial charge in [0.15, 0.2) is 0 Å². The topological polar surface area (TPSA) is 40.6 Å². The van der Waals surface area contributed by atoms with Gasteiger partial charge in [-0.15, -0.1) is 0 Å². The summed E-state index contributed by atoms with van der Waals surface area (Å²) in [6.45, 7) is 0. The van der Waals surface area contributed by atoms with E-state index in [1.165, 1.54) is 4.90 Å². The number of hydrogen-bond acceptors (Lipinski definition) is 2. The normalized spacial score (nSPS) is 34.8. The highest BCUT2D eigenvalue weighted by Crippen LogP contribution is 2.40. The van der Waals surface area contributed by atoms with E-state index in [4.69, 9.17) is 0 Å². The van der Waals surface area contributed by atoms with E-state index in [1.807, 2.05) is 0 Å². The number of carbonyl (C=O) groups is 2. The summed E-state index contributed by atoms with van der Waals surface area (Å²) in [7, 11) is 3.31. The van der Waals surface area contributed by atoms with Gasteiger partial charge in [-0.1, -0.05) is 0 Å². The van der Waals surface area contributed by atoms with Crippen LogP contribution in [0.4, 0.5) is 4.79 Å². The van der Waals surface area contributed by atoms with Gasteiger partial charge in [-0.3, -0.25) is 9.69 Å². The second-order valence-corrected chi connectivity index (χ2v) is 3.61. The van der Waals surface area contributed by atoms with Crippen molar-refractivity contribution in [3.05, 3.63) is 0 Å². The molecule has 2 rings (SSSR count). The number of rotatable bonds is 0. The average molecular weight is 168 g/mol. The Morgan fingerprint density at radius 1 is 1.33 bits per heavy atom. The minimum atomic E-state index is -0.162. The third-order valence-electron chi connectivity index (χ3n) is 2.78. The van der Waals surface area contributed by atoms with E-state index in [9.17, 15) is 9.59 Å². The predicted octanol–water partition coefficient (Wildman–Crippen LogP) is 0.289. The number of hydrogen-bond donors (Lipinski definition) is 0. The summed E-state index contributed by atoms with van der Waals surface area (Å²) in [5.74, 6) is 0.383. The highest BCUT2D eigenvalue weighted by atomic mass is 16.2. The third kappa shape index (κ3) is 0.906. The molecule has 4 heteroatoms. The monoisotopic (exact) mass is 168 g/mol. The van der Waals surface area contributed by atoms with Crippen molar-refractivity contribution in [3.8, 4) is 0 Å². The van der Waals surface area contributed by atoms with Crippen LogP contribution in [0.25, 0.3) is 0 Å². The molecule has 0 spiro atoms. The summed E-state index contributed by atoms with van der Waals surface area (Å²) in [6.07, 6.45) is 1.54. The maximum atomic E-state index is 11.4. The van der Waals surface area contributed by atoms with Gasteiger partial charge in [0, 0.05) is 26.6 Å². The molecular weight excluding hydrogens is 156 g/mol. The summed E-state index contributed by atoms with van der Waals surface area (Å²) < 4.78 is 0. The lowest BCUT2D eigenvalue weighted by Crippen LogP contribution is -2.40. The molecule has 2 unspecified atom stereocenters. The number of nitrogens with zero attached hydrogens (tertiary/aromatic N) is 2. The molecule has 2 fully saturated rings. The molecular formula is C8H12N2O2. The van der Waals surface area contributed by atoms with Gasteiger partial charge in [0.25, 0.3) is 0 Å². The van der Waals surface area contributed by atoms with Gasteiger partial charge in [-0.25, -0.2) is 4.79 Å². The quantitative estimate of drug-likeness (QED) is 0.521. The molecule has 0 aromatic carbocycles. The van der Waals surface area contributed by atoms with Crippen molar-refractivity contribution in [1.82, 2.24) is 9.80 Å². The first kappa shape index (κ1) is 7.58. The van der Waals surface area contributed by atoms with E-state index in [1.54, 1.807) is 19.0 Å². The van der Waals surface area contributed by atoms with Gasteiger partial charge < -0.3 is 4.90 Å². The third-order valence-corrected chi connectivity index (χ3v) is 2.78. The van der Waals surface area contributed by atoms with Crippen LogP contribution in [0.3, 0.4) is 0 Å². The van der Waals surface area contributed by atoms with Gasteiger partial charge in [0.05, 0.1) is 0 Å². The molecule has 0 bridgehead atoms. The molecule has 1 saturated carbocycles. The minimum absolute atomic E-state index is 0.0446. The van der Waals surface area contributed by atoms with Gasteiger partial charge >= 0.3 is 6.03 Å². The summed E-state index contributed by atoms with van der Waals surface area (Å²) in [5, 5.41) is 0. The van der Waals surface area contributed by atoms with E-state index < -0.39 is 0 Å². The summed E-state index contributed by atoms with van der Waals surface area (Å²) in [5.41, 5.74) is 0. The predicted molar refractivity (Wildman–Crippen MR) is 42.4 cm³/mol. The van der Waals surface area contributed by atoms with Crippen LogP contribution in [0.15, 0.2) is 0 Å². The van der Waals surface area contributed by atoms with Crippen molar-refractivity contribution < 1.29 is 9.59 Å². The lowest BCUT2D eigenvalue weighted by molar-refractivity contribution is -0.127. The van der Waals surface area contributed by atoms with E-state index in [0.717, 1.165) is 6.42 Å². The number of fused-ring (bicyclic) bond motifs is 1. The highest BCUT2D eigenvalue weighted by Gasteiger charge is 2.47. The second-order valence-electron chi connectivity index (χ2n) is 3.61. The number of amides is 3. The van der Waals surface area contributed by atoms with Crippen LogP contribution in [0.1, 0.15) is 12.8 Å². The van der Waals surface area contributed by atoms with Crippen molar-refractivity contribution >= 4 is 11.9 Å². The molecule has 4 nitrogen and oxygen atoms in total. The summed E-state index contributed by atoms with van der Waals surface area (Å²) >= 11 is 0. The number of imide groups is 1. The van der Waals surface area contributed by atoms with E-state index in [0.29, 0.717) is 18.4 Å². The fourth-order valence-electron chi connectivity index (χ4n) is 1.77. The van der Waals surface area contributed by atoms with Crippen LogP contribution in [-0.2, 0) is 4.79 Å². The largest absolute Gasteiger partial charge is 0.326 e. The van der Waals surface area contributed by atoms with Crippen LogP contribution in [0.5, 0.6) is 0 Å². The van der Waals surface area contributed by atoms with Gasteiger partial charge in [0.1, 0.15) is 0 Å². The molecule has 2 atom stereocenters. The van der Waals surface area contributed by atoms with Crippen LogP contribution < -0.4 is 0 Å². The van der Waals surface area contributed by atoms with Crippen molar-refractivity contribution in [3.63, 3.8) is 0 Å². The maximum Gasteiger partial charge on any atom is 0.326 e. The Labute approximate surface area is 71.1 Å². The molecule has 66 valence electrons. The Kier molecular flexibility index (Phi) is 1.40. The molecule has 1 aliphatic heterocycles. The molecule has 12 heavy (non-hydrogen) atoms. The molecule has 1 saturated heterocycles. The Hall–Kier alpha value is -1.06. The van der Waals surface area contributed by atoms with Gasteiger partial charge in [0.2, 0.25) is 5.91 Å². The zero-order valence-corrected chi connectivity index (χ0v) is 7.28. The zero-order chi connectivity index (χ0) is 8.88. The van der Waals surface area contributed by atoms with Crippen molar-refractivity contribution in [2.45, 2.75) is 18.9 Å². The molecule has 2 aliphatic rings. The van der Waals surface area contributed by atoms with E-state index >= 15 is 0 Å². The van der Waals surface area contributed by atoms with Crippen LogP contribution in [-0.4, -0.2) is 41.9 Å². The maximum absolute atomic E-state index is 11.4. The Bertz CT molecular complexity index is 251. The van der Waals surface area contributed by atoms with E-state index in [2.05, 4.69) is 0 Å². The average Bonchev–Trinajstić information content (AvgIpc) is 2.79. The molecule has 3 amide bonds. The summed E-state index contributed by atoms with van der Waals surface area (Å²) in [4.78, 5) is 25.6. The van der Waals surface area contributed by atoms with Crippen LogP contribution in [0.2, 0.25) is 0 Å². The van der Waals surface area contributed by atoms with Crippen molar-refractivity contribution in [1.29, 1.82) is 0 Å². The fourth-order valence-corrected chi connectivity index (χ4v) is 1.77.